The van der Waals surface area contributed by atoms with E-state index in [0.29, 0.717) is 26.3 Å². The van der Waals surface area contributed by atoms with Crippen LogP contribution in [0.15, 0.2) is 42.5 Å². The van der Waals surface area contributed by atoms with Gasteiger partial charge in [0.05, 0.1) is 12.6 Å². The average molecular weight is 440 g/mol. The first-order valence-electron chi connectivity index (χ1n) is 11.5. The van der Waals surface area contributed by atoms with Crippen LogP contribution >= 0.6 is 0 Å². The second-order valence-electron chi connectivity index (χ2n) is 8.79. The number of carbonyl (C=O) groups excluding carboxylic acids is 1. The molecular weight excluding hydrogens is 409 g/mol. The number of carbonyl (C=O) groups is 1. The maximum absolute atomic E-state index is 13.9. The topological polar surface area (TPSA) is 45.3 Å². The van der Waals surface area contributed by atoms with Crippen LogP contribution in [0.3, 0.4) is 0 Å². The van der Waals surface area contributed by atoms with Crippen LogP contribution in [0.4, 0.5) is 4.39 Å². The number of halogens is 1. The van der Waals surface area contributed by atoms with Gasteiger partial charge in [-0.2, -0.15) is 0 Å². The summed E-state index contributed by atoms with van der Waals surface area (Å²) in [6.45, 7) is 6.32. The standard InChI is InChI=1S/C25H30FN3O3/c26-21-5-2-1-4-20(21)17-27-10-12-28(13-11-27)18-25(30)29-9-3-6-22(29)19-7-8-23-24(16-19)32-15-14-31-23/h1-2,4-5,7-8,16,22H,3,6,9-15,17-18H2/t22-/m0/s1. The van der Waals surface area contributed by atoms with Crippen LogP contribution in [-0.4, -0.2) is 73.1 Å². The van der Waals surface area contributed by atoms with Gasteiger partial charge in [0.2, 0.25) is 5.91 Å². The fourth-order valence-electron chi connectivity index (χ4n) is 4.93. The number of ether oxygens (including phenoxy) is 2. The first kappa shape index (κ1) is 21.2. The summed E-state index contributed by atoms with van der Waals surface area (Å²) in [6, 6.07) is 13.1. The Hall–Kier alpha value is -2.64. The molecular formula is C25H30FN3O3. The minimum atomic E-state index is -0.149. The molecule has 7 heteroatoms. The zero-order valence-corrected chi connectivity index (χ0v) is 18.3. The van der Waals surface area contributed by atoms with E-state index >= 15 is 0 Å². The molecule has 0 bridgehead atoms. The number of amides is 1. The van der Waals surface area contributed by atoms with Gasteiger partial charge in [-0.25, -0.2) is 4.39 Å². The number of rotatable bonds is 5. The van der Waals surface area contributed by atoms with Crippen LogP contribution < -0.4 is 9.47 Å². The monoisotopic (exact) mass is 439 g/mol. The van der Waals surface area contributed by atoms with Crippen molar-refractivity contribution in [3.63, 3.8) is 0 Å². The highest BCUT2D eigenvalue weighted by Crippen LogP contribution is 2.38. The van der Waals surface area contributed by atoms with Gasteiger partial charge in [-0.3, -0.25) is 14.6 Å². The summed E-state index contributed by atoms with van der Waals surface area (Å²) >= 11 is 0. The molecule has 6 nitrogen and oxygen atoms in total. The number of hydrogen-bond donors (Lipinski definition) is 0. The van der Waals surface area contributed by atoms with Gasteiger partial charge in [0.1, 0.15) is 19.0 Å². The maximum atomic E-state index is 13.9. The van der Waals surface area contributed by atoms with E-state index in [1.165, 1.54) is 6.07 Å². The van der Waals surface area contributed by atoms with Gasteiger partial charge in [0.15, 0.2) is 11.5 Å². The predicted molar refractivity (Wildman–Crippen MR) is 119 cm³/mol. The van der Waals surface area contributed by atoms with Crippen molar-refractivity contribution in [3.05, 3.63) is 59.4 Å². The van der Waals surface area contributed by atoms with Crippen molar-refractivity contribution in [2.24, 2.45) is 0 Å². The van der Waals surface area contributed by atoms with Crippen molar-refractivity contribution in [2.75, 3.05) is 52.5 Å². The van der Waals surface area contributed by atoms with E-state index in [9.17, 15) is 9.18 Å². The molecule has 2 aromatic carbocycles. The Balaban J connectivity index is 1.16. The molecule has 0 radical (unpaired) electrons. The van der Waals surface area contributed by atoms with Crippen LogP contribution in [0.2, 0.25) is 0 Å². The average Bonchev–Trinajstić information content (AvgIpc) is 3.32. The lowest BCUT2D eigenvalue weighted by atomic mass is 10.0. The molecule has 1 amide bonds. The Labute approximate surface area is 188 Å². The summed E-state index contributed by atoms with van der Waals surface area (Å²) < 4.78 is 25.3. The van der Waals surface area contributed by atoms with Crippen LogP contribution in [0.1, 0.15) is 30.0 Å². The van der Waals surface area contributed by atoms with Gasteiger partial charge >= 0.3 is 0 Å². The Morgan fingerprint density at radius 2 is 1.69 bits per heavy atom. The van der Waals surface area contributed by atoms with Gasteiger partial charge in [-0.05, 0) is 36.6 Å². The molecule has 2 fully saturated rings. The first-order valence-corrected chi connectivity index (χ1v) is 11.5. The Morgan fingerprint density at radius 1 is 0.938 bits per heavy atom. The molecule has 170 valence electrons. The summed E-state index contributed by atoms with van der Waals surface area (Å²) in [7, 11) is 0. The lowest BCUT2D eigenvalue weighted by Gasteiger charge is -2.36. The maximum Gasteiger partial charge on any atom is 0.237 e. The first-order chi connectivity index (χ1) is 15.7. The molecule has 0 saturated carbocycles. The molecule has 5 rings (SSSR count). The Morgan fingerprint density at radius 3 is 2.50 bits per heavy atom. The normalized spacial score (nSPS) is 21.7. The molecule has 2 aromatic rings. The van der Waals surface area contributed by atoms with Crippen molar-refractivity contribution in [2.45, 2.75) is 25.4 Å². The summed E-state index contributed by atoms with van der Waals surface area (Å²) in [5, 5.41) is 0. The lowest BCUT2D eigenvalue weighted by molar-refractivity contribution is -0.133. The second-order valence-corrected chi connectivity index (χ2v) is 8.79. The van der Waals surface area contributed by atoms with Crippen molar-refractivity contribution in [3.8, 4) is 11.5 Å². The van der Waals surface area contributed by atoms with E-state index in [1.54, 1.807) is 6.07 Å². The van der Waals surface area contributed by atoms with E-state index in [4.69, 9.17) is 9.47 Å². The second kappa shape index (κ2) is 9.46. The number of likely N-dealkylation sites (tertiary alicyclic amines) is 1. The number of piperazine rings is 1. The zero-order valence-electron chi connectivity index (χ0n) is 18.3. The highest BCUT2D eigenvalue weighted by atomic mass is 19.1. The van der Waals surface area contributed by atoms with Crippen LogP contribution in [0, 0.1) is 5.82 Å². The highest BCUT2D eigenvalue weighted by molar-refractivity contribution is 5.79. The van der Waals surface area contributed by atoms with E-state index < -0.39 is 0 Å². The number of nitrogens with zero attached hydrogens (tertiary/aromatic N) is 3. The molecule has 1 atom stereocenters. The van der Waals surface area contributed by atoms with Crippen molar-refractivity contribution < 1.29 is 18.7 Å². The van der Waals surface area contributed by atoms with E-state index in [2.05, 4.69) is 15.9 Å². The van der Waals surface area contributed by atoms with E-state index in [-0.39, 0.29) is 17.8 Å². The van der Waals surface area contributed by atoms with Crippen molar-refractivity contribution >= 4 is 5.91 Å². The zero-order chi connectivity index (χ0) is 21.9. The van der Waals surface area contributed by atoms with Crippen LogP contribution in [0.5, 0.6) is 11.5 Å². The fraction of sp³-hybridized carbons (Fsp3) is 0.480. The number of fused-ring (bicyclic) bond motifs is 1. The van der Waals surface area contributed by atoms with Crippen molar-refractivity contribution in [1.82, 2.24) is 14.7 Å². The van der Waals surface area contributed by atoms with Crippen LogP contribution in [-0.2, 0) is 11.3 Å². The highest BCUT2D eigenvalue weighted by Gasteiger charge is 2.32. The van der Waals surface area contributed by atoms with E-state index in [0.717, 1.165) is 68.2 Å². The molecule has 3 heterocycles. The van der Waals surface area contributed by atoms with Gasteiger partial charge in [0.25, 0.3) is 0 Å². The number of benzene rings is 2. The smallest absolute Gasteiger partial charge is 0.237 e. The molecule has 0 aromatic heterocycles. The molecule has 0 unspecified atom stereocenters. The van der Waals surface area contributed by atoms with E-state index in [1.807, 2.05) is 29.2 Å². The third-order valence-corrected chi connectivity index (χ3v) is 6.70. The summed E-state index contributed by atoms with van der Waals surface area (Å²) in [6.07, 6.45) is 1.99. The van der Waals surface area contributed by atoms with Crippen LogP contribution in [0.25, 0.3) is 0 Å². The summed E-state index contributed by atoms with van der Waals surface area (Å²) in [5.41, 5.74) is 1.85. The SMILES string of the molecule is O=C(CN1CCN(Cc2ccccc2F)CC1)N1CCC[C@H]1c1ccc2c(c1)OCCO2. The molecule has 0 aliphatic carbocycles. The molecule has 3 aliphatic rings. The third kappa shape index (κ3) is 4.59. The van der Waals surface area contributed by atoms with Crippen molar-refractivity contribution in [1.29, 1.82) is 0 Å². The number of hydrogen-bond acceptors (Lipinski definition) is 5. The lowest BCUT2D eigenvalue weighted by Crippen LogP contribution is -2.49. The van der Waals surface area contributed by atoms with Gasteiger partial charge in [-0.15, -0.1) is 0 Å². The Bertz CT molecular complexity index is 961. The summed E-state index contributed by atoms with van der Waals surface area (Å²) in [5.74, 6) is 1.59. The molecule has 32 heavy (non-hydrogen) atoms. The molecule has 0 N–H and O–H groups in total. The largest absolute Gasteiger partial charge is 0.486 e. The quantitative estimate of drug-likeness (QED) is 0.717. The minimum Gasteiger partial charge on any atom is -0.486 e. The van der Waals surface area contributed by atoms with Gasteiger partial charge in [-0.1, -0.05) is 24.3 Å². The minimum absolute atomic E-state index is 0.0978. The van der Waals surface area contributed by atoms with Gasteiger partial charge in [0, 0.05) is 44.8 Å². The predicted octanol–water partition coefficient (Wildman–Crippen LogP) is 3.08. The third-order valence-electron chi connectivity index (χ3n) is 6.70. The fourth-order valence-corrected chi connectivity index (χ4v) is 4.93. The Kier molecular flexibility index (Phi) is 6.28. The molecule has 0 spiro atoms. The molecule has 3 aliphatic heterocycles. The summed E-state index contributed by atoms with van der Waals surface area (Å²) in [4.78, 5) is 19.7. The van der Waals surface area contributed by atoms with Gasteiger partial charge < -0.3 is 14.4 Å². The molecule has 2 saturated heterocycles.